The Morgan fingerprint density at radius 3 is 3.27 bits per heavy atom. The Balaban J connectivity index is 1.91. The summed E-state index contributed by atoms with van der Waals surface area (Å²) in [5.74, 6) is 2.40. The topological polar surface area (TPSA) is 37.9 Å². The lowest BCUT2D eigenvalue weighted by Crippen LogP contribution is -2.32. The standard InChI is InChI=1S/C11H17BrN2O/c1-8-7-15-5-2-9(8)10(12)6-11-13-3-4-14-11/h3-4,8-10H,2,5-7H2,1H3,(H,13,14). The first kappa shape index (κ1) is 11.1. The zero-order valence-corrected chi connectivity index (χ0v) is 10.5. The fourth-order valence-electron chi connectivity index (χ4n) is 2.18. The number of hydrogen-bond acceptors (Lipinski definition) is 2. The number of halogens is 1. The molecule has 4 heteroatoms. The third kappa shape index (κ3) is 2.82. The average Bonchev–Trinajstić information content (AvgIpc) is 2.71. The molecular formula is C11H17BrN2O. The number of nitrogens with zero attached hydrogens (tertiary/aromatic N) is 1. The van der Waals surface area contributed by atoms with Crippen molar-refractivity contribution in [1.29, 1.82) is 0 Å². The van der Waals surface area contributed by atoms with Crippen molar-refractivity contribution in [3.05, 3.63) is 18.2 Å². The molecule has 0 saturated carbocycles. The minimum Gasteiger partial charge on any atom is -0.381 e. The Morgan fingerprint density at radius 1 is 1.73 bits per heavy atom. The molecule has 1 saturated heterocycles. The monoisotopic (exact) mass is 272 g/mol. The molecule has 0 spiro atoms. The summed E-state index contributed by atoms with van der Waals surface area (Å²) in [4.78, 5) is 7.91. The molecule has 1 aromatic heterocycles. The van der Waals surface area contributed by atoms with Crippen molar-refractivity contribution in [1.82, 2.24) is 9.97 Å². The van der Waals surface area contributed by atoms with Crippen LogP contribution in [-0.4, -0.2) is 28.0 Å². The summed E-state index contributed by atoms with van der Waals surface area (Å²) >= 11 is 3.79. The summed E-state index contributed by atoms with van der Waals surface area (Å²) in [5.41, 5.74) is 0. The fourth-order valence-corrected chi connectivity index (χ4v) is 3.27. The largest absolute Gasteiger partial charge is 0.381 e. The first-order valence-corrected chi connectivity index (χ1v) is 6.39. The van der Waals surface area contributed by atoms with Crippen molar-refractivity contribution in [2.24, 2.45) is 11.8 Å². The smallest absolute Gasteiger partial charge is 0.107 e. The molecule has 15 heavy (non-hydrogen) atoms. The lowest BCUT2D eigenvalue weighted by Gasteiger charge is -2.32. The van der Waals surface area contributed by atoms with E-state index in [1.54, 1.807) is 0 Å². The van der Waals surface area contributed by atoms with Crippen LogP contribution in [0.15, 0.2) is 12.4 Å². The molecule has 0 aliphatic carbocycles. The molecule has 1 aliphatic heterocycles. The number of H-pyrrole nitrogens is 1. The van der Waals surface area contributed by atoms with E-state index in [2.05, 4.69) is 32.8 Å². The van der Waals surface area contributed by atoms with Crippen LogP contribution >= 0.6 is 15.9 Å². The summed E-state index contributed by atoms with van der Waals surface area (Å²) in [6.07, 6.45) is 5.81. The zero-order chi connectivity index (χ0) is 10.7. The molecule has 0 bridgehead atoms. The molecular weight excluding hydrogens is 256 g/mol. The first-order valence-electron chi connectivity index (χ1n) is 5.47. The Morgan fingerprint density at radius 2 is 2.60 bits per heavy atom. The number of imidazole rings is 1. The van der Waals surface area contributed by atoms with E-state index in [1.807, 2.05) is 12.4 Å². The minimum absolute atomic E-state index is 0.502. The highest BCUT2D eigenvalue weighted by molar-refractivity contribution is 9.09. The summed E-state index contributed by atoms with van der Waals surface area (Å²) in [5, 5.41) is 0. The third-order valence-corrected chi connectivity index (χ3v) is 4.12. The van der Waals surface area contributed by atoms with E-state index in [0.29, 0.717) is 16.7 Å². The Labute approximate surface area is 98.8 Å². The van der Waals surface area contributed by atoms with E-state index in [1.165, 1.54) is 0 Å². The third-order valence-electron chi connectivity index (χ3n) is 3.11. The second kappa shape index (κ2) is 5.12. The second-order valence-corrected chi connectivity index (χ2v) is 5.44. The van der Waals surface area contributed by atoms with Gasteiger partial charge in [0.1, 0.15) is 5.82 Å². The number of aromatic amines is 1. The number of aromatic nitrogens is 2. The van der Waals surface area contributed by atoms with E-state index in [-0.39, 0.29) is 0 Å². The SMILES string of the molecule is CC1COCCC1C(Br)Cc1ncc[nH]1. The maximum Gasteiger partial charge on any atom is 0.107 e. The van der Waals surface area contributed by atoms with Gasteiger partial charge in [0.2, 0.25) is 0 Å². The number of alkyl halides is 1. The number of hydrogen-bond donors (Lipinski definition) is 1. The van der Waals surface area contributed by atoms with Crippen molar-refractivity contribution < 1.29 is 4.74 Å². The maximum absolute atomic E-state index is 5.45. The Kier molecular flexibility index (Phi) is 3.81. The number of rotatable bonds is 3. The second-order valence-electron chi connectivity index (χ2n) is 4.26. The van der Waals surface area contributed by atoms with Crippen LogP contribution in [0.5, 0.6) is 0 Å². The van der Waals surface area contributed by atoms with E-state index >= 15 is 0 Å². The predicted molar refractivity (Wildman–Crippen MR) is 63.1 cm³/mol. The van der Waals surface area contributed by atoms with Gasteiger partial charge in [0.25, 0.3) is 0 Å². The van der Waals surface area contributed by atoms with Crippen molar-refractivity contribution in [3.63, 3.8) is 0 Å². The van der Waals surface area contributed by atoms with Gasteiger partial charge in [-0.1, -0.05) is 22.9 Å². The van der Waals surface area contributed by atoms with Gasteiger partial charge in [-0.05, 0) is 18.3 Å². The van der Waals surface area contributed by atoms with E-state index in [4.69, 9.17) is 4.74 Å². The number of nitrogens with one attached hydrogen (secondary N) is 1. The summed E-state index contributed by atoms with van der Waals surface area (Å²) in [6, 6.07) is 0. The molecule has 0 aromatic carbocycles. The van der Waals surface area contributed by atoms with Crippen LogP contribution in [0.1, 0.15) is 19.2 Å². The molecule has 3 unspecified atom stereocenters. The van der Waals surface area contributed by atoms with Gasteiger partial charge in [0.15, 0.2) is 0 Å². The van der Waals surface area contributed by atoms with Crippen molar-refractivity contribution in [2.45, 2.75) is 24.6 Å². The summed E-state index contributed by atoms with van der Waals surface area (Å²) < 4.78 is 5.45. The molecule has 1 aromatic rings. The van der Waals surface area contributed by atoms with E-state index < -0.39 is 0 Å². The molecule has 3 atom stereocenters. The van der Waals surface area contributed by atoms with Crippen LogP contribution in [0.25, 0.3) is 0 Å². The summed E-state index contributed by atoms with van der Waals surface area (Å²) in [7, 11) is 0. The number of ether oxygens (including phenoxy) is 1. The molecule has 0 amide bonds. The molecule has 1 aliphatic rings. The zero-order valence-electron chi connectivity index (χ0n) is 8.95. The van der Waals surface area contributed by atoms with Crippen LogP contribution in [0.3, 0.4) is 0 Å². The van der Waals surface area contributed by atoms with Gasteiger partial charge in [-0.15, -0.1) is 0 Å². The maximum atomic E-state index is 5.45. The fraction of sp³-hybridized carbons (Fsp3) is 0.727. The van der Waals surface area contributed by atoms with Crippen LogP contribution in [-0.2, 0) is 11.2 Å². The van der Waals surface area contributed by atoms with Gasteiger partial charge in [-0.2, -0.15) is 0 Å². The molecule has 84 valence electrons. The van der Waals surface area contributed by atoms with E-state index in [9.17, 15) is 0 Å². The molecule has 2 heterocycles. The van der Waals surface area contributed by atoms with E-state index in [0.717, 1.165) is 31.9 Å². The Bertz CT molecular complexity index is 289. The average molecular weight is 273 g/mol. The molecule has 2 rings (SSSR count). The highest BCUT2D eigenvalue weighted by atomic mass is 79.9. The molecule has 3 nitrogen and oxygen atoms in total. The molecule has 0 radical (unpaired) electrons. The minimum atomic E-state index is 0.502. The van der Waals surface area contributed by atoms with Crippen molar-refractivity contribution in [2.75, 3.05) is 13.2 Å². The van der Waals surface area contributed by atoms with Crippen LogP contribution in [0, 0.1) is 11.8 Å². The highest BCUT2D eigenvalue weighted by Crippen LogP contribution is 2.30. The quantitative estimate of drug-likeness (QED) is 0.859. The van der Waals surface area contributed by atoms with Gasteiger partial charge in [-0.3, -0.25) is 0 Å². The van der Waals surface area contributed by atoms with Gasteiger partial charge < -0.3 is 9.72 Å². The lowest BCUT2D eigenvalue weighted by atomic mass is 9.86. The predicted octanol–water partition coefficient (Wildman–Crippen LogP) is 2.39. The van der Waals surface area contributed by atoms with Crippen LogP contribution < -0.4 is 0 Å². The van der Waals surface area contributed by atoms with Gasteiger partial charge in [0, 0.05) is 36.9 Å². The first-order chi connectivity index (χ1) is 7.27. The van der Waals surface area contributed by atoms with Crippen LogP contribution in [0.2, 0.25) is 0 Å². The lowest BCUT2D eigenvalue weighted by molar-refractivity contribution is 0.0241. The normalized spacial score (nSPS) is 28.9. The van der Waals surface area contributed by atoms with Gasteiger partial charge in [-0.25, -0.2) is 4.98 Å². The molecule has 1 N–H and O–H groups in total. The van der Waals surface area contributed by atoms with Gasteiger partial charge >= 0.3 is 0 Å². The molecule has 1 fully saturated rings. The highest BCUT2D eigenvalue weighted by Gasteiger charge is 2.28. The van der Waals surface area contributed by atoms with Crippen molar-refractivity contribution in [3.8, 4) is 0 Å². The van der Waals surface area contributed by atoms with Crippen molar-refractivity contribution >= 4 is 15.9 Å². The summed E-state index contributed by atoms with van der Waals surface area (Å²) in [6.45, 7) is 4.06. The Hall–Kier alpha value is -0.350. The van der Waals surface area contributed by atoms with Crippen LogP contribution in [0.4, 0.5) is 0 Å². The van der Waals surface area contributed by atoms with Gasteiger partial charge in [0.05, 0.1) is 0 Å².